The van der Waals surface area contributed by atoms with Crippen molar-refractivity contribution in [2.75, 3.05) is 0 Å². The molecule has 0 aliphatic rings. The molecule has 0 aliphatic carbocycles. The second-order valence-electron chi connectivity index (χ2n) is 2.30. The predicted octanol–water partition coefficient (Wildman–Crippen LogP) is -0.0650. The van der Waals surface area contributed by atoms with Crippen LogP contribution in [0, 0.1) is 0 Å². The Bertz CT molecular complexity index is 246. The molecule has 1 heterocycles. The molecule has 3 nitrogen and oxygen atoms in total. The Kier molecular flexibility index (Phi) is 2.21. The van der Waals surface area contributed by atoms with Gasteiger partial charge in [0.2, 0.25) is 0 Å². The van der Waals surface area contributed by atoms with Crippen LogP contribution in [0.2, 0.25) is 0 Å². The Balaban J connectivity index is 2.85. The number of pyridine rings is 1. The SMILES string of the molecule is C[C@@H](C(=O)[O-])c1ccccn1. The molecule has 0 fully saturated rings. The molecular formula is C8H8NO2-. The van der Waals surface area contributed by atoms with E-state index in [1.807, 2.05) is 0 Å². The first kappa shape index (κ1) is 7.72. The van der Waals surface area contributed by atoms with Gasteiger partial charge in [-0.2, -0.15) is 0 Å². The van der Waals surface area contributed by atoms with Crippen LogP contribution in [-0.2, 0) is 4.79 Å². The van der Waals surface area contributed by atoms with Crippen LogP contribution in [0.5, 0.6) is 0 Å². The normalized spacial score (nSPS) is 12.5. The fourth-order valence-corrected chi connectivity index (χ4v) is 0.753. The van der Waals surface area contributed by atoms with Gasteiger partial charge in [-0.25, -0.2) is 0 Å². The largest absolute Gasteiger partial charge is 0.549 e. The summed E-state index contributed by atoms with van der Waals surface area (Å²) in [7, 11) is 0. The maximum Gasteiger partial charge on any atom is 0.0502 e. The number of carbonyl (C=O) groups excluding carboxylic acids is 1. The zero-order valence-electron chi connectivity index (χ0n) is 6.15. The molecule has 1 aromatic rings. The number of hydrogen-bond acceptors (Lipinski definition) is 3. The first-order valence-electron chi connectivity index (χ1n) is 3.33. The van der Waals surface area contributed by atoms with Crippen molar-refractivity contribution >= 4 is 5.97 Å². The van der Waals surface area contributed by atoms with Gasteiger partial charge in [0.1, 0.15) is 0 Å². The van der Waals surface area contributed by atoms with E-state index < -0.39 is 11.9 Å². The minimum Gasteiger partial charge on any atom is -0.549 e. The van der Waals surface area contributed by atoms with E-state index in [1.165, 1.54) is 0 Å². The molecule has 3 heteroatoms. The molecule has 0 aromatic carbocycles. The molecule has 1 atom stereocenters. The summed E-state index contributed by atoms with van der Waals surface area (Å²) in [6.45, 7) is 1.55. The van der Waals surface area contributed by atoms with E-state index in [0.29, 0.717) is 5.69 Å². The number of aliphatic carboxylic acids is 1. The quantitative estimate of drug-likeness (QED) is 0.593. The third-order valence-corrected chi connectivity index (χ3v) is 1.48. The summed E-state index contributed by atoms with van der Waals surface area (Å²) in [5, 5.41) is 10.3. The van der Waals surface area contributed by atoms with Gasteiger partial charge in [-0.3, -0.25) is 4.98 Å². The van der Waals surface area contributed by atoms with Crippen molar-refractivity contribution in [2.24, 2.45) is 0 Å². The highest BCUT2D eigenvalue weighted by atomic mass is 16.4. The van der Waals surface area contributed by atoms with Gasteiger partial charge in [-0.05, 0) is 12.1 Å². The molecule has 1 rings (SSSR count). The molecule has 0 unspecified atom stereocenters. The van der Waals surface area contributed by atoms with E-state index in [9.17, 15) is 9.90 Å². The van der Waals surface area contributed by atoms with E-state index in [1.54, 1.807) is 31.3 Å². The Hall–Kier alpha value is -1.38. The Morgan fingerprint density at radius 2 is 2.36 bits per heavy atom. The summed E-state index contributed by atoms with van der Waals surface area (Å²) in [6, 6.07) is 5.16. The van der Waals surface area contributed by atoms with Crippen molar-refractivity contribution < 1.29 is 9.90 Å². The summed E-state index contributed by atoms with van der Waals surface area (Å²) in [4.78, 5) is 14.2. The molecule has 11 heavy (non-hydrogen) atoms. The third kappa shape index (κ3) is 1.77. The van der Waals surface area contributed by atoms with E-state index in [4.69, 9.17) is 0 Å². The van der Waals surface area contributed by atoms with E-state index in [-0.39, 0.29) is 0 Å². The van der Waals surface area contributed by atoms with Crippen molar-refractivity contribution in [1.29, 1.82) is 0 Å². The van der Waals surface area contributed by atoms with Gasteiger partial charge in [0.25, 0.3) is 0 Å². The highest BCUT2D eigenvalue weighted by Crippen LogP contribution is 2.09. The molecule has 0 aliphatic heterocycles. The molecule has 0 saturated carbocycles. The molecule has 58 valence electrons. The smallest absolute Gasteiger partial charge is 0.0502 e. The van der Waals surface area contributed by atoms with Gasteiger partial charge >= 0.3 is 0 Å². The minimum atomic E-state index is -1.09. The van der Waals surface area contributed by atoms with Crippen LogP contribution >= 0.6 is 0 Å². The molecule has 0 N–H and O–H groups in total. The van der Waals surface area contributed by atoms with Crippen molar-refractivity contribution in [1.82, 2.24) is 4.98 Å². The van der Waals surface area contributed by atoms with Crippen molar-refractivity contribution in [3.05, 3.63) is 30.1 Å². The number of carboxylic acid groups (broad SMARTS) is 1. The lowest BCUT2D eigenvalue weighted by atomic mass is 10.1. The number of carbonyl (C=O) groups is 1. The summed E-state index contributed by atoms with van der Waals surface area (Å²) in [5.41, 5.74) is 0.535. The summed E-state index contributed by atoms with van der Waals surface area (Å²) in [6.07, 6.45) is 1.56. The Morgan fingerprint density at radius 3 is 2.82 bits per heavy atom. The highest BCUT2D eigenvalue weighted by Gasteiger charge is 2.05. The fraction of sp³-hybridized carbons (Fsp3) is 0.250. The second-order valence-corrected chi connectivity index (χ2v) is 2.30. The van der Waals surface area contributed by atoms with Crippen molar-refractivity contribution in [3.63, 3.8) is 0 Å². The van der Waals surface area contributed by atoms with Crippen LogP contribution in [0.1, 0.15) is 18.5 Å². The topological polar surface area (TPSA) is 53.0 Å². The van der Waals surface area contributed by atoms with Crippen LogP contribution in [-0.4, -0.2) is 11.0 Å². The lowest BCUT2D eigenvalue weighted by molar-refractivity contribution is -0.307. The molecule has 0 bridgehead atoms. The Labute approximate surface area is 64.7 Å². The van der Waals surface area contributed by atoms with Gasteiger partial charge in [-0.15, -0.1) is 0 Å². The van der Waals surface area contributed by atoms with Gasteiger partial charge in [0, 0.05) is 17.8 Å². The maximum atomic E-state index is 10.3. The number of rotatable bonds is 2. The molecule has 0 amide bonds. The maximum absolute atomic E-state index is 10.3. The van der Waals surface area contributed by atoms with Gasteiger partial charge in [0.15, 0.2) is 0 Å². The zero-order chi connectivity index (χ0) is 8.27. The third-order valence-electron chi connectivity index (χ3n) is 1.48. The standard InChI is InChI=1S/C8H9NO2/c1-6(8(10)11)7-4-2-3-5-9-7/h2-6H,1H3,(H,10,11)/p-1/t6-/m1/s1. The summed E-state index contributed by atoms with van der Waals surface area (Å²) >= 11 is 0. The highest BCUT2D eigenvalue weighted by molar-refractivity contribution is 5.72. The lowest BCUT2D eigenvalue weighted by Gasteiger charge is -2.10. The first-order valence-corrected chi connectivity index (χ1v) is 3.33. The second kappa shape index (κ2) is 3.14. The molecule has 0 spiro atoms. The Morgan fingerprint density at radius 1 is 1.64 bits per heavy atom. The molecule has 1 aromatic heterocycles. The van der Waals surface area contributed by atoms with Crippen LogP contribution in [0.4, 0.5) is 0 Å². The molecular weight excluding hydrogens is 142 g/mol. The average molecular weight is 150 g/mol. The van der Waals surface area contributed by atoms with Crippen molar-refractivity contribution in [2.45, 2.75) is 12.8 Å². The van der Waals surface area contributed by atoms with E-state index in [2.05, 4.69) is 4.98 Å². The van der Waals surface area contributed by atoms with Crippen LogP contribution < -0.4 is 5.11 Å². The number of hydrogen-bond donors (Lipinski definition) is 0. The monoisotopic (exact) mass is 150 g/mol. The number of aromatic nitrogens is 1. The fourth-order valence-electron chi connectivity index (χ4n) is 0.753. The number of nitrogens with zero attached hydrogens (tertiary/aromatic N) is 1. The lowest BCUT2D eigenvalue weighted by Crippen LogP contribution is -2.28. The minimum absolute atomic E-state index is 0.535. The average Bonchev–Trinajstić information content (AvgIpc) is 2.05. The zero-order valence-corrected chi connectivity index (χ0v) is 6.15. The van der Waals surface area contributed by atoms with Gasteiger partial charge in [-0.1, -0.05) is 13.0 Å². The van der Waals surface area contributed by atoms with E-state index in [0.717, 1.165) is 0 Å². The van der Waals surface area contributed by atoms with Crippen LogP contribution in [0.25, 0.3) is 0 Å². The molecule has 0 saturated heterocycles. The first-order chi connectivity index (χ1) is 5.22. The van der Waals surface area contributed by atoms with Gasteiger partial charge in [0.05, 0.1) is 5.97 Å². The van der Waals surface area contributed by atoms with Crippen LogP contribution in [0.3, 0.4) is 0 Å². The van der Waals surface area contributed by atoms with Crippen LogP contribution in [0.15, 0.2) is 24.4 Å². The predicted molar refractivity (Wildman–Crippen MR) is 37.7 cm³/mol. The van der Waals surface area contributed by atoms with Gasteiger partial charge < -0.3 is 9.90 Å². The summed E-state index contributed by atoms with van der Waals surface area (Å²) in [5.74, 6) is -1.72. The number of carboxylic acids is 1. The molecule has 0 radical (unpaired) electrons. The van der Waals surface area contributed by atoms with E-state index >= 15 is 0 Å². The summed E-state index contributed by atoms with van der Waals surface area (Å²) < 4.78 is 0. The van der Waals surface area contributed by atoms with Crippen molar-refractivity contribution in [3.8, 4) is 0 Å².